The van der Waals surface area contributed by atoms with Crippen molar-refractivity contribution < 1.29 is 5.11 Å². The lowest BCUT2D eigenvalue weighted by atomic mass is 9.71. The average Bonchev–Trinajstić information content (AvgIpc) is 2.83. The van der Waals surface area contributed by atoms with Crippen molar-refractivity contribution in [2.24, 2.45) is 5.41 Å². The topological polar surface area (TPSA) is 45.1 Å². The van der Waals surface area contributed by atoms with E-state index in [1.54, 1.807) is 11.3 Å². The standard InChI is InChI=1S/C17H30N2OS/c1-15(2,3)14-19-11-13(21-14)10-18-12-17(20)8-6-16(4,5)7-9-17/h11,18,20H,6-10,12H2,1-5H3. The van der Waals surface area contributed by atoms with Crippen LogP contribution >= 0.6 is 11.3 Å². The van der Waals surface area contributed by atoms with Crippen molar-refractivity contribution in [3.8, 4) is 0 Å². The van der Waals surface area contributed by atoms with Crippen LogP contribution in [-0.2, 0) is 12.0 Å². The molecule has 1 aromatic heterocycles. The van der Waals surface area contributed by atoms with Gasteiger partial charge >= 0.3 is 0 Å². The molecule has 1 fully saturated rings. The molecule has 0 bridgehead atoms. The van der Waals surface area contributed by atoms with Crippen LogP contribution in [0, 0.1) is 5.41 Å². The van der Waals surface area contributed by atoms with E-state index < -0.39 is 5.60 Å². The molecule has 21 heavy (non-hydrogen) atoms. The fraction of sp³-hybridized carbons (Fsp3) is 0.824. The number of hydrogen-bond donors (Lipinski definition) is 2. The molecule has 4 heteroatoms. The largest absolute Gasteiger partial charge is 0.389 e. The summed E-state index contributed by atoms with van der Waals surface area (Å²) in [6.07, 6.45) is 6.00. The minimum atomic E-state index is -0.521. The predicted octanol–water partition coefficient (Wildman–Crippen LogP) is 3.86. The van der Waals surface area contributed by atoms with Crippen LogP contribution < -0.4 is 5.32 Å². The van der Waals surface area contributed by atoms with Crippen molar-refractivity contribution in [1.29, 1.82) is 0 Å². The molecule has 0 aliphatic heterocycles. The Hall–Kier alpha value is -0.450. The van der Waals surface area contributed by atoms with Crippen LogP contribution in [0.1, 0.15) is 70.2 Å². The Morgan fingerprint density at radius 2 is 1.86 bits per heavy atom. The van der Waals surface area contributed by atoms with Crippen LogP contribution in [0.2, 0.25) is 0 Å². The quantitative estimate of drug-likeness (QED) is 0.887. The van der Waals surface area contributed by atoms with Gasteiger partial charge in [0.1, 0.15) is 0 Å². The molecule has 3 nitrogen and oxygen atoms in total. The van der Waals surface area contributed by atoms with Crippen LogP contribution in [0.5, 0.6) is 0 Å². The van der Waals surface area contributed by atoms with Crippen molar-refractivity contribution in [2.45, 2.75) is 77.9 Å². The normalized spacial score (nSPS) is 21.4. The summed E-state index contributed by atoms with van der Waals surface area (Å²) in [6, 6.07) is 0. The SMILES string of the molecule is CC1(C)CCC(O)(CNCc2cnc(C(C)(C)C)s2)CC1. The monoisotopic (exact) mass is 310 g/mol. The van der Waals surface area contributed by atoms with E-state index in [1.807, 2.05) is 6.20 Å². The molecule has 1 heterocycles. The molecule has 2 rings (SSSR count). The number of hydrogen-bond acceptors (Lipinski definition) is 4. The zero-order valence-corrected chi connectivity index (χ0v) is 14.9. The van der Waals surface area contributed by atoms with Gasteiger partial charge in [0.2, 0.25) is 0 Å². The number of aliphatic hydroxyl groups is 1. The summed E-state index contributed by atoms with van der Waals surface area (Å²) in [5.74, 6) is 0. The smallest absolute Gasteiger partial charge is 0.0981 e. The van der Waals surface area contributed by atoms with Gasteiger partial charge in [-0.1, -0.05) is 34.6 Å². The number of thiazole rings is 1. The molecule has 1 aliphatic rings. The maximum atomic E-state index is 10.6. The highest BCUT2D eigenvalue weighted by atomic mass is 32.1. The summed E-state index contributed by atoms with van der Waals surface area (Å²) in [4.78, 5) is 5.75. The molecule has 0 unspecified atom stereocenters. The Morgan fingerprint density at radius 1 is 1.24 bits per heavy atom. The minimum absolute atomic E-state index is 0.121. The zero-order valence-electron chi connectivity index (χ0n) is 14.1. The lowest BCUT2D eigenvalue weighted by Crippen LogP contribution is -2.44. The third kappa shape index (κ3) is 4.76. The van der Waals surface area contributed by atoms with Gasteiger partial charge in [-0.2, -0.15) is 0 Å². The summed E-state index contributed by atoms with van der Waals surface area (Å²) in [5, 5.41) is 15.2. The van der Waals surface area contributed by atoms with Gasteiger partial charge in [-0.25, -0.2) is 4.98 Å². The molecule has 2 N–H and O–H groups in total. The Kier molecular flexibility index (Phi) is 4.81. The highest BCUT2D eigenvalue weighted by Crippen LogP contribution is 2.39. The van der Waals surface area contributed by atoms with Crippen LogP contribution in [-0.4, -0.2) is 22.2 Å². The van der Waals surface area contributed by atoms with Gasteiger partial charge in [0.05, 0.1) is 10.6 Å². The number of rotatable bonds is 4. The van der Waals surface area contributed by atoms with Crippen LogP contribution in [0.25, 0.3) is 0 Å². The molecular formula is C17H30N2OS. The van der Waals surface area contributed by atoms with Crippen LogP contribution in [0.4, 0.5) is 0 Å². The average molecular weight is 311 g/mol. The van der Waals surface area contributed by atoms with E-state index >= 15 is 0 Å². The van der Waals surface area contributed by atoms with Crippen LogP contribution in [0.15, 0.2) is 6.20 Å². The minimum Gasteiger partial charge on any atom is -0.389 e. The lowest BCUT2D eigenvalue weighted by Gasteiger charge is -2.40. The Balaban J connectivity index is 1.81. The summed E-state index contributed by atoms with van der Waals surface area (Å²) < 4.78 is 0. The first-order valence-corrected chi connectivity index (χ1v) is 8.80. The van der Waals surface area contributed by atoms with E-state index in [2.05, 4.69) is 44.9 Å². The van der Waals surface area contributed by atoms with Gasteiger partial charge in [-0.3, -0.25) is 0 Å². The summed E-state index contributed by atoms with van der Waals surface area (Å²) in [6.45, 7) is 12.7. The predicted molar refractivity (Wildman–Crippen MR) is 89.7 cm³/mol. The van der Waals surface area contributed by atoms with Gasteiger partial charge < -0.3 is 10.4 Å². The fourth-order valence-corrected chi connectivity index (χ4v) is 3.66. The second-order valence-corrected chi connectivity index (χ2v) is 9.49. The number of nitrogens with zero attached hydrogens (tertiary/aromatic N) is 1. The van der Waals surface area contributed by atoms with Gasteiger partial charge in [-0.15, -0.1) is 11.3 Å². The summed E-state index contributed by atoms with van der Waals surface area (Å²) in [7, 11) is 0. The van der Waals surface area contributed by atoms with Gasteiger partial charge in [0, 0.05) is 29.6 Å². The van der Waals surface area contributed by atoms with Crippen molar-refractivity contribution in [1.82, 2.24) is 10.3 Å². The second kappa shape index (κ2) is 5.98. The van der Waals surface area contributed by atoms with Gasteiger partial charge in [0.25, 0.3) is 0 Å². The van der Waals surface area contributed by atoms with Crippen molar-refractivity contribution >= 4 is 11.3 Å². The molecule has 0 amide bonds. The zero-order chi connectivity index (χ0) is 15.7. The summed E-state index contributed by atoms with van der Waals surface area (Å²) in [5.41, 5.74) is -0.00531. The first-order valence-electron chi connectivity index (χ1n) is 7.98. The van der Waals surface area contributed by atoms with E-state index in [1.165, 1.54) is 9.88 Å². The molecule has 0 saturated heterocycles. The highest BCUT2D eigenvalue weighted by Gasteiger charge is 2.36. The van der Waals surface area contributed by atoms with Gasteiger partial charge in [-0.05, 0) is 31.1 Å². The maximum Gasteiger partial charge on any atom is 0.0981 e. The molecule has 120 valence electrons. The van der Waals surface area contributed by atoms with E-state index in [0.717, 1.165) is 32.2 Å². The fourth-order valence-electron chi connectivity index (χ4n) is 2.72. The van der Waals surface area contributed by atoms with Crippen molar-refractivity contribution in [2.75, 3.05) is 6.54 Å². The van der Waals surface area contributed by atoms with Gasteiger partial charge in [0.15, 0.2) is 0 Å². The molecule has 1 aliphatic carbocycles. The molecule has 0 spiro atoms. The highest BCUT2D eigenvalue weighted by molar-refractivity contribution is 7.11. The first-order chi connectivity index (χ1) is 9.60. The maximum absolute atomic E-state index is 10.6. The first kappa shape index (κ1) is 16.9. The van der Waals surface area contributed by atoms with Crippen molar-refractivity contribution in [3.63, 3.8) is 0 Å². The van der Waals surface area contributed by atoms with Crippen LogP contribution in [0.3, 0.4) is 0 Å². The Morgan fingerprint density at radius 3 is 2.38 bits per heavy atom. The third-order valence-corrected chi connectivity index (χ3v) is 5.91. The molecule has 0 atom stereocenters. The summed E-state index contributed by atoms with van der Waals surface area (Å²) >= 11 is 1.77. The molecule has 1 aromatic rings. The van der Waals surface area contributed by atoms with E-state index in [0.29, 0.717) is 12.0 Å². The third-order valence-electron chi connectivity index (χ3n) is 4.48. The number of nitrogens with one attached hydrogen (secondary N) is 1. The van der Waals surface area contributed by atoms with E-state index in [9.17, 15) is 5.11 Å². The lowest BCUT2D eigenvalue weighted by molar-refractivity contribution is -0.0244. The molecule has 0 aromatic carbocycles. The second-order valence-electron chi connectivity index (χ2n) is 8.37. The Labute approximate surface area is 133 Å². The van der Waals surface area contributed by atoms with Crippen molar-refractivity contribution in [3.05, 3.63) is 16.1 Å². The molecule has 1 saturated carbocycles. The Bertz CT molecular complexity index is 463. The molecule has 0 radical (unpaired) electrons. The molecular weight excluding hydrogens is 280 g/mol. The van der Waals surface area contributed by atoms with E-state index in [4.69, 9.17) is 0 Å². The number of aromatic nitrogens is 1. The van der Waals surface area contributed by atoms with E-state index in [-0.39, 0.29) is 5.41 Å².